The summed E-state index contributed by atoms with van der Waals surface area (Å²) in [5.41, 5.74) is 1.01. The van der Waals surface area contributed by atoms with Gasteiger partial charge in [0.05, 0.1) is 19.3 Å². The Hall–Kier alpha value is -1.26. The predicted octanol–water partition coefficient (Wildman–Crippen LogP) is 2.57. The van der Waals surface area contributed by atoms with Gasteiger partial charge in [-0.3, -0.25) is 4.79 Å². The van der Waals surface area contributed by atoms with Crippen molar-refractivity contribution in [2.75, 3.05) is 13.0 Å². The first-order valence-electron chi connectivity index (χ1n) is 7.32. The van der Waals surface area contributed by atoms with Gasteiger partial charge in [0.1, 0.15) is 5.75 Å². The van der Waals surface area contributed by atoms with Crippen LogP contribution in [0.4, 0.5) is 0 Å². The van der Waals surface area contributed by atoms with Gasteiger partial charge in [-0.2, -0.15) is 0 Å². The summed E-state index contributed by atoms with van der Waals surface area (Å²) in [6, 6.07) is 7.58. The van der Waals surface area contributed by atoms with E-state index in [0.717, 1.165) is 17.7 Å². The molecule has 1 N–H and O–H groups in total. The second kappa shape index (κ2) is 7.66. The van der Waals surface area contributed by atoms with Crippen molar-refractivity contribution < 1.29 is 14.6 Å². The lowest BCUT2D eigenvalue weighted by molar-refractivity contribution is -0.131. The fourth-order valence-electron chi connectivity index (χ4n) is 2.81. The largest absolute Gasteiger partial charge is 0.497 e. The maximum atomic E-state index is 12.1. The fourth-order valence-corrected chi connectivity index (χ4v) is 2.96. The number of benzene rings is 1. The van der Waals surface area contributed by atoms with E-state index in [1.165, 1.54) is 0 Å². The van der Waals surface area contributed by atoms with Gasteiger partial charge in [0, 0.05) is 18.8 Å². The first kappa shape index (κ1) is 16.1. The number of aliphatic hydroxyl groups is 1. The van der Waals surface area contributed by atoms with Gasteiger partial charge in [-0.25, -0.2) is 0 Å². The molecule has 1 heterocycles. The molecule has 0 unspecified atom stereocenters. The molecule has 1 aliphatic heterocycles. The van der Waals surface area contributed by atoms with Crippen LogP contribution in [-0.2, 0) is 11.3 Å². The van der Waals surface area contributed by atoms with E-state index in [2.05, 4.69) is 0 Å². The van der Waals surface area contributed by atoms with E-state index >= 15 is 0 Å². The summed E-state index contributed by atoms with van der Waals surface area (Å²) in [5.74, 6) is 1.42. The number of carbonyl (C=O) groups excluding carboxylic acids is 1. The molecule has 2 atom stereocenters. The number of likely N-dealkylation sites (tertiary alicyclic amines) is 1. The number of methoxy groups -OCH3 is 1. The first-order chi connectivity index (χ1) is 10.2. The van der Waals surface area contributed by atoms with Crippen LogP contribution in [0.1, 0.15) is 31.2 Å². The highest BCUT2D eigenvalue weighted by atomic mass is 35.5. The highest BCUT2D eigenvalue weighted by molar-refractivity contribution is 6.17. The van der Waals surface area contributed by atoms with E-state index < -0.39 is 6.10 Å². The third-order valence-corrected chi connectivity index (χ3v) is 4.21. The van der Waals surface area contributed by atoms with Crippen molar-refractivity contribution in [3.63, 3.8) is 0 Å². The monoisotopic (exact) mass is 311 g/mol. The van der Waals surface area contributed by atoms with Crippen molar-refractivity contribution in [3.05, 3.63) is 29.8 Å². The minimum Gasteiger partial charge on any atom is -0.497 e. The van der Waals surface area contributed by atoms with Gasteiger partial charge in [-0.15, -0.1) is 11.6 Å². The zero-order valence-corrected chi connectivity index (χ0v) is 13.1. The van der Waals surface area contributed by atoms with Crippen molar-refractivity contribution in [2.45, 2.75) is 44.4 Å². The zero-order valence-electron chi connectivity index (χ0n) is 12.3. The third-order valence-electron chi connectivity index (χ3n) is 3.94. The Morgan fingerprint density at radius 3 is 3.05 bits per heavy atom. The number of nitrogens with zero attached hydrogens (tertiary/aromatic N) is 1. The highest BCUT2D eigenvalue weighted by Gasteiger charge is 2.35. The van der Waals surface area contributed by atoms with Crippen molar-refractivity contribution in [2.24, 2.45) is 0 Å². The number of halogens is 1. The molecule has 1 saturated heterocycles. The summed E-state index contributed by atoms with van der Waals surface area (Å²) in [6.45, 7) is 0.513. The van der Waals surface area contributed by atoms with E-state index in [-0.39, 0.29) is 11.9 Å². The number of hydrogen-bond donors (Lipinski definition) is 1. The number of hydrogen-bond acceptors (Lipinski definition) is 3. The number of aliphatic hydroxyl groups excluding tert-OH is 1. The van der Waals surface area contributed by atoms with E-state index in [0.29, 0.717) is 31.7 Å². The third kappa shape index (κ3) is 4.11. The Balaban J connectivity index is 2.05. The number of amides is 1. The van der Waals surface area contributed by atoms with Gasteiger partial charge >= 0.3 is 0 Å². The molecule has 0 aliphatic carbocycles. The minimum atomic E-state index is -0.499. The highest BCUT2D eigenvalue weighted by Crippen LogP contribution is 2.26. The molecule has 0 saturated carbocycles. The maximum Gasteiger partial charge on any atom is 0.223 e. The summed E-state index contributed by atoms with van der Waals surface area (Å²) < 4.78 is 5.21. The lowest BCUT2D eigenvalue weighted by Gasteiger charge is -2.29. The molecule has 4 nitrogen and oxygen atoms in total. The number of alkyl halides is 1. The maximum absolute atomic E-state index is 12.1. The van der Waals surface area contributed by atoms with Gasteiger partial charge in [0.15, 0.2) is 0 Å². The fraction of sp³-hybridized carbons (Fsp3) is 0.562. The predicted molar refractivity (Wildman–Crippen MR) is 82.5 cm³/mol. The molecule has 0 spiro atoms. The van der Waals surface area contributed by atoms with Crippen molar-refractivity contribution in [1.82, 2.24) is 4.90 Å². The van der Waals surface area contributed by atoms with Crippen LogP contribution in [0.25, 0.3) is 0 Å². The molecule has 0 radical (unpaired) electrons. The van der Waals surface area contributed by atoms with E-state index in [1.54, 1.807) is 12.0 Å². The molecular formula is C16H22ClNO3. The van der Waals surface area contributed by atoms with Crippen molar-refractivity contribution in [1.29, 1.82) is 0 Å². The zero-order chi connectivity index (χ0) is 15.2. The lowest BCUT2D eigenvalue weighted by Crippen LogP contribution is -2.40. The Morgan fingerprint density at radius 1 is 1.52 bits per heavy atom. The average Bonchev–Trinajstić information content (AvgIpc) is 2.86. The quantitative estimate of drug-likeness (QED) is 0.787. The Morgan fingerprint density at radius 2 is 2.33 bits per heavy atom. The van der Waals surface area contributed by atoms with Gasteiger partial charge in [-0.1, -0.05) is 12.1 Å². The number of rotatable bonds is 7. The normalized spacial score (nSPS) is 19.9. The average molecular weight is 312 g/mol. The van der Waals surface area contributed by atoms with Gasteiger partial charge in [-0.05, 0) is 37.0 Å². The Kier molecular flexibility index (Phi) is 5.88. The van der Waals surface area contributed by atoms with Crippen LogP contribution in [0.5, 0.6) is 5.75 Å². The molecule has 116 valence electrons. The molecule has 0 aromatic heterocycles. The van der Waals surface area contributed by atoms with Gasteiger partial charge in [0.2, 0.25) is 5.91 Å². The van der Waals surface area contributed by atoms with E-state index in [9.17, 15) is 9.90 Å². The summed E-state index contributed by atoms with van der Waals surface area (Å²) in [5, 5.41) is 10.3. The smallest absolute Gasteiger partial charge is 0.223 e. The first-order valence-corrected chi connectivity index (χ1v) is 7.85. The van der Waals surface area contributed by atoms with Gasteiger partial charge in [0.25, 0.3) is 0 Å². The summed E-state index contributed by atoms with van der Waals surface area (Å²) in [6.07, 6.45) is 2.12. The molecule has 1 fully saturated rings. The van der Waals surface area contributed by atoms with Crippen LogP contribution in [-0.4, -0.2) is 41.0 Å². The topological polar surface area (TPSA) is 49.8 Å². The van der Waals surface area contributed by atoms with Crippen molar-refractivity contribution in [3.8, 4) is 5.75 Å². The molecule has 5 heteroatoms. The summed E-state index contributed by atoms with van der Waals surface area (Å²) in [7, 11) is 1.62. The molecule has 1 aromatic carbocycles. The second-order valence-electron chi connectivity index (χ2n) is 5.38. The second-order valence-corrected chi connectivity index (χ2v) is 5.76. The molecule has 1 amide bonds. The van der Waals surface area contributed by atoms with E-state index in [4.69, 9.17) is 16.3 Å². The van der Waals surface area contributed by atoms with Crippen LogP contribution in [0, 0.1) is 0 Å². The molecule has 21 heavy (non-hydrogen) atoms. The minimum absolute atomic E-state index is 0.104. The molecule has 0 bridgehead atoms. The summed E-state index contributed by atoms with van der Waals surface area (Å²) >= 11 is 5.67. The Bertz CT molecular complexity index is 480. The molecule has 1 aliphatic rings. The van der Waals surface area contributed by atoms with Crippen LogP contribution in [0.2, 0.25) is 0 Å². The lowest BCUT2D eigenvalue weighted by atomic mass is 10.0. The Labute approximate surface area is 130 Å². The molecule has 1 aromatic rings. The van der Waals surface area contributed by atoms with Gasteiger partial charge < -0.3 is 14.7 Å². The molecule has 2 rings (SSSR count). The SMILES string of the molecule is COc1cccc(CN2C(=O)CC[C@@H]2[C@H](O)CCCCl)c1. The van der Waals surface area contributed by atoms with Crippen LogP contribution in [0.15, 0.2) is 24.3 Å². The van der Waals surface area contributed by atoms with Crippen LogP contribution >= 0.6 is 11.6 Å². The molecular weight excluding hydrogens is 290 g/mol. The van der Waals surface area contributed by atoms with Crippen LogP contribution in [0.3, 0.4) is 0 Å². The van der Waals surface area contributed by atoms with E-state index in [1.807, 2.05) is 24.3 Å². The number of carbonyl (C=O) groups is 1. The van der Waals surface area contributed by atoms with Crippen LogP contribution < -0.4 is 4.74 Å². The summed E-state index contributed by atoms with van der Waals surface area (Å²) in [4.78, 5) is 13.9. The number of ether oxygens (including phenoxy) is 1. The van der Waals surface area contributed by atoms with Crippen molar-refractivity contribution >= 4 is 17.5 Å². The standard InChI is InChI=1S/C16H22ClNO3/c1-21-13-5-2-4-12(10-13)11-18-14(7-8-16(18)20)15(19)6-3-9-17/h2,4-5,10,14-15,19H,3,6-9,11H2,1H3/t14-,15-/m1/s1.